The number of esters is 1. The zero-order chi connectivity index (χ0) is 23.0. The molecule has 10 heteroatoms. The lowest BCUT2D eigenvalue weighted by Crippen LogP contribution is -2.38. The van der Waals surface area contributed by atoms with Gasteiger partial charge in [-0.2, -0.15) is 0 Å². The van der Waals surface area contributed by atoms with Gasteiger partial charge in [-0.25, -0.2) is 8.42 Å². The van der Waals surface area contributed by atoms with Gasteiger partial charge in [0.25, 0.3) is 15.9 Å². The predicted octanol–water partition coefficient (Wildman–Crippen LogP) is 2.82. The van der Waals surface area contributed by atoms with Crippen LogP contribution in [0.4, 0.5) is 5.69 Å². The number of sulfonamides is 1. The third-order valence-electron chi connectivity index (χ3n) is 4.39. The highest BCUT2D eigenvalue weighted by atomic mass is 35.5. The van der Waals surface area contributed by atoms with Crippen molar-refractivity contribution in [2.45, 2.75) is 11.8 Å². The maximum Gasteiger partial charge on any atom is 0.325 e. The molecule has 31 heavy (non-hydrogen) atoms. The monoisotopic (exact) mass is 468 g/mol. The Bertz CT molecular complexity index is 1030. The van der Waals surface area contributed by atoms with Gasteiger partial charge in [0.2, 0.25) is 0 Å². The molecular formula is C21H25ClN2O6S. The van der Waals surface area contributed by atoms with Gasteiger partial charge in [-0.15, -0.1) is 0 Å². The number of benzene rings is 2. The predicted molar refractivity (Wildman–Crippen MR) is 118 cm³/mol. The van der Waals surface area contributed by atoms with Crippen LogP contribution in [-0.2, 0) is 24.3 Å². The van der Waals surface area contributed by atoms with Crippen LogP contribution < -0.4 is 4.31 Å². The molecule has 2 aromatic rings. The highest BCUT2D eigenvalue weighted by molar-refractivity contribution is 7.92. The lowest BCUT2D eigenvalue weighted by atomic mass is 10.2. The first-order valence-electron chi connectivity index (χ1n) is 9.49. The van der Waals surface area contributed by atoms with Crippen molar-refractivity contribution in [3.05, 3.63) is 59.1 Å². The number of rotatable bonds is 10. The Morgan fingerprint density at radius 3 is 2.45 bits per heavy atom. The summed E-state index contributed by atoms with van der Waals surface area (Å²) < 4.78 is 37.2. The fourth-order valence-electron chi connectivity index (χ4n) is 2.76. The summed E-state index contributed by atoms with van der Waals surface area (Å²) in [5.74, 6) is -1.07. The summed E-state index contributed by atoms with van der Waals surface area (Å²) in [4.78, 5) is 26.1. The Morgan fingerprint density at radius 2 is 1.81 bits per heavy atom. The second-order valence-corrected chi connectivity index (χ2v) is 8.91. The molecule has 168 valence electrons. The van der Waals surface area contributed by atoms with Crippen LogP contribution in [0.1, 0.15) is 17.3 Å². The number of hydrogen-bond acceptors (Lipinski definition) is 6. The Balaban J connectivity index is 2.33. The first-order chi connectivity index (χ1) is 14.7. The molecule has 0 unspecified atom stereocenters. The fourth-order valence-corrected chi connectivity index (χ4v) is 4.18. The van der Waals surface area contributed by atoms with E-state index in [1.165, 1.54) is 49.4 Å². The maximum atomic E-state index is 13.1. The Morgan fingerprint density at radius 1 is 1.10 bits per heavy atom. The largest absolute Gasteiger partial charge is 0.465 e. The number of methoxy groups -OCH3 is 1. The summed E-state index contributed by atoms with van der Waals surface area (Å²) in [5.41, 5.74) is 0.509. The van der Waals surface area contributed by atoms with Gasteiger partial charge in [-0.05, 0) is 43.3 Å². The third kappa shape index (κ3) is 6.43. The molecule has 0 aliphatic rings. The van der Waals surface area contributed by atoms with E-state index < -0.39 is 21.9 Å². The number of amides is 1. The van der Waals surface area contributed by atoms with E-state index in [1.807, 2.05) is 0 Å². The maximum absolute atomic E-state index is 13.1. The summed E-state index contributed by atoms with van der Waals surface area (Å²) in [6, 6.07) is 12.1. The van der Waals surface area contributed by atoms with E-state index in [1.54, 1.807) is 25.1 Å². The molecule has 0 atom stereocenters. The van der Waals surface area contributed by atoms with E-state index in [9.17, 15) is 18.0 Å². The van der Waals surface area contributed by atoms with E-state index in [2.05, 4.69) is 0 Å². The Kier molecular flexibility index (Phi) is 8.85. The highest BCUT2D eigenvalue weighted by Crippen LogP contribution is 2.25. The van der Waals surface area contributed by atoms with E-state index in [-0.39, 0.29) is 36.8 Å². The minimum Gasteiger partial charge on any atom is -0.465 e. The molecule has 0 aliphatic carbocycles. The normalized spacial score (nSPS) is 11.1. The van der Waals surface area contributed by atoms with E-state index in [0.717, 1.165) is 4.31 Å². The summed E-state index contributed by atoms with van der Waals surface area (Å²) in [7, 11) is -1.07. The number of halogens is 1. The molecular weight excluding hydrogens is 444 g/mol. The molecule has 0 saturated heterocycles. The van der Waals surface area contributed by atoms with Crippen molar-refractivity contribution in [3.63, 3.8) is 0 Å². The van der Waals surface area contributed by atoms with Crippen LogP contribution in [0.5, 0.6) is 0 Å². The number of ether oxygens (including phenoxy) is 2. The van der Waals surface area contributed by atoms with Gasteiger partial charge in [0, 0.05) is 31.3 Å². The van der Waals surface area contributed by atoms with Crippen molar-refractivity contribution in [3.8, 4) is 0 Å². The van der Waals surface area contributed by atoms with Crippen LogP contribution in [0.2, 0.25) is 5.02 Å². The van der Waals surface area contributed by atoms with Crippen molar-refractivity contribution in [1.29, 1.82) is 0 Å². The summed E-state index contributed by atoms with van der Waals surface area (Å²) in [5, 5.41) is 0.399. The minimum atomic E-state index is -3.95. The van der Waals surface area contributed by atoms with Crippen LogP contribution >= 0.6 is 11.6 Å². The lowest BCUT2D eigenvalue weighted by Gasteiger charge is -2.23. The zero-order valence-electron chi connectivity index (χ0n) is 17.6. The summed E-state index contributed by atoms with van der Waals surface area (Å²) in [6.45, 7) is 1.95. The molecule has 0 radical (unpaired) electrons. The lowest BCUT2D eigenvalue weighted by molar-refractivity contribution is -0.143. The van der Waals surface area contributed by atoms with Gasteiger partial charge in [0.1, 0.15) is 6.54 Å². The SMILES string of the molecule is CCOC(=O)CN(CCOC)C(=O)c1cccc(S(=O)(=O)N(C)c2cccc(Cl)c2)c1. The van der Waals surface area contributed by atoms with Crippen LogP contribution in [0.3, 0.4) is 0 Å². The van der Waals surface area contributed by atoms with Crippen molar-refractivity contribution in [1.82, 2.24) is 4.90 Å². The third-order valence-corrected chi connectivity index (χ3v) is 6.41. The zero-order valence-corrected chi connectivity index (χ0v) is 19.1. The molecule has 0 heterocycles. The average Bonchev–Trinajstić information content (AvgIpc) is 2.75. The molecule has 0 bridgehead atoms. The molecule has 0 fully saturated rings. The van der Waals surface area contributed by atoms with Gasteiger partial charge in [-0.3, -0.25) is 13.9 Å². The molecule has 0 aromatic heterocycles. The molecule has 2 rings (SSSR count). The second kappa shape index (κ2) is 11.1. The number of carbonyl (C=O) groups is 2. The van der Waals surface area contributed by atoms with Crippen LogP contribution in [0.15, 0.2) is 53.4 Å². The fraction of sp³-hybridized carbons (Fsp3) is 0.333. The van der Waals surface area contributed by atoms with Crippen molar-refractivity contribution >= 4 is 39.2 Å². The molecule has 0 N–H and O–H groups in total. The molecule has 1 amide bonds. The number of nitrogens with zero attached hydrogens (tertiary/aromatic N) is 2. The van der Waals surface area contributed by atoms with Gasteiger partial charge in [0.15, 0.2) is 0 Å². The Labute approximate surface area is 187 Å². The van der Waals surface area contributed by atoms with Gasteiger partial charge >= 0.3 is 5.97 Å². The van der Waals surface area contributed by atoms with E-state index in [0.29, 0.717) is 10.7 Å². The smallest absolute Gasteiger partial charge is 0.325 e. The number of hydrogen-bond donors (Lipinski definition) is 0. The van der Waals surface area contributed by atoms with E-state index in [4.69, 9.17) is 21.1 Å². The average molecular weight is 469 g/mol. The van der Waals surface area contributed by atoms with Gasteiger partial charge in [-0.1, -0.05) is 23.7 Å². The number of carbonyl (C=O) groups excluding carboxylic acids is 2. The van der Waals surface area contributed by atoms with Gasteiger partial charge < -0.3 is 14.4 Å². The molecule has 0 aliphatic heterocycles. The summed E-state index contributed by atoms with van der Waals surface area (Å²) >= 11 is 5.97. The Hall–Kier alpha value is -2.62. The quantitative estimate of drug-likeness (QED) is 0.498. The molecule has 0 saturated carbocycles. The summed E-state index contributed by atoms with van der Waals surface area (Å²) in [6.07, 6.45) is 0. The molecule has 8 nitrogen and oxygen atoms in total. The van der Waals surface area contributed by atoms with Crippen molar-refractivity contribution in [2.75, 3.05) is 44.8 Å². The van der Waals surface area contributed by atoms with Crippen LogP contribution in [0, 0.1) is 0 Å². The minimum absolute atomic E-state index is 0.0661. The van der Waals surface area contributed by atoms with E-state index >= 15 is 0 Å². The van der Waals surface area contributed by atoms with Crippen molar-refractivity contribution in [2.24, 2.45) is 0 Å². The second-order valence-electron chi connectivity index (χ2n) is 6.50. The topological polar surface area (TPSA) is 93.2 Å². The van der Waals surface area contributed by atoms with Gasteiger partial charge in [0.05, 0.1) is 23.8 Å². The van der Waals surface area contributed by atoms with Crippen LogP contribution in [0.25, 0.3) is 0 Å². The first-order valence-corrected chi connectivity index (χ1v) is 11.3. The highest BCUT2D eigenvalue weighted by Gasteiger charge is 2.25. The standard InChI is InChI=1S/C21H25ClN2O6S/c1-4-30-20(25)15-24(11-12-29-3)21(26)16-7-5-10-19(13-16)31(27,28)23(2)18-9-6-8-17(22)14-18/h5-10,13-14H,4,11-12,15H2,1-3H3. The van der Waals surface area contributed by atoms with Crippen molar-refractivity contribution < 1.29 is 27.5 Å². The number of anilines is 1. The first kappa shape index (κ1) is 24.6. The van der Waals surface area contributed by atoms with Crippen LogP contribution in [-0.4, -0.2) is 65.7 Å². The molecule has 2 aromatic carbocycles. The molecule has 0 spiro atoms.